The summed E-state index contributed by atoms with van der Waals surface area (Å²) in [5, 5.41) is 3.64. The first-order valence-corrected chi connectivity index (χ1v) is 8.18. The predicted octanol–water partition coefficient (Wildman–Crippen LogP) is 3.48. The summed E-state index contributed by atoms with van der Waals surface area (Å²) in [6.07, 6.45) is 11.2. The van der Waals surface area contributed by atoms with Crippen molar-refractivity contribution in [1.82, 2.24) is 10.3 Å². The minimum Gasteiger partial charge on any atom is -0.495 e. The molecule has 1 aliphatic heterocycles. The molecule has 1 aromatic rings. The van der Waals surface area contributed by atoms with Gasteiger partial charge >= 0.3 is 0 Å². The molecule has 2 atom stereocenters. The van der Waals surface area contributed by atoms with Crippen molar-refractivity contribution < 1.29 is 9.47 Å². The fourth-order valence-corrected chi connectivity index (χ4v) is 2.96. The van der Waals surface area contributed by atoms with Crippen LogP contribution < -0.4 is 10.1 Å². The zero-order valence-corrected chi connectivity index (χ0v) is 13.3. The highest BCUT2D eigenvalue weighted by atomic mass is 16.5. The van der Waals surface area contributed by atoms with Crippen molar-refractivity contribution in [2.45, 2.75) is 57.6 Å². The van der Waals surface area contributed by atoms with Crippen LogP contribution in [0.5, 0.6) is 5.75 Å². The van der Waals surface area contributed by atoms with Crippen molar-refractivity contribution >= 4 is 0 Å². The lowest BCUT2D eigenvalue weighted by molar-refractivity contribution is 0.101. The van der Waals surface area contributed by atoms with E-state index >= 15 is 0 Å². The number of ether oxygens (including phenoxy) is 2. The average Bonchev–Trinajstić information content (AvgIpc) is 3.04. The van der Waals surface area contributed by atoms with E-state index in [9.17, 15) is 0 Å². The van der Waals surface area contributed by atoms with E-state index in [1.54, 1.807) is 13.3 Å². The van der Waals surface area contributed by atoms with E-state index in [0.717, 1.165) is 38.2 Å². The van der Waals surface area contributed by atoms with Gasteiger partial charge in [-0.1, -0.05) is 6.92 Å². The number of nitrogens with one attached hydrogen (secondary N) is 1. The highest BCUT2D eigenvalue weighted by molar-refractivity contribution is 5.32. The van der Waals surface area contributed by atoms with Gasteiger partial charge in [0.15, 0.2) is 0 Å². The van der Waals surface area contributed by atoms with Gasteiger partial charge < -0.3 is 14.8 Å². The maximum Gasteiger partial charge on any atom is 0.141 e. The van der Waals surface area contributed by atoms with Crippen molar-refractivity contribution in [3.05, 3.63) is 24.0 Å². The second kappa shape index (κ2) is 9.00. The van der Waals surface area contributed by atoms with Gasteiger partial charge in [-0.2, -0.15) is 0 Å². The third-order valence-corrected chi connectivity index (χ3v) is 4.10. The Hall–Kier alpha value is -1.13. The Morgan fingerprint density at radius 2 is 2.43 bits per heavy atom. The van der Waals surface area contributed by atoms with Crippen molar-refractivity contribution in [3.63, 3.8) is 0 Å². The van der Waals surface area contributed by atoms with Crippen LogP contribution in [0, 0.1) is 0 Å². The standard InChI is InChI=1S/C17H28N2O2/c1-3-10-19-16(8-4-6-14-7-5-12-21-14)15-9-11-18-13-17(15)20-2/h9,11,13-14,16,19H,3-8,10,12H2,1-2H3. The molecule has 1 aliphatic rings. The van der Waals surface area contributed by atoms with Gasteiger partial charge in [0.05, 0.1) is 19.4 Å². The fourth-order valence-electron chi connectivity index (χ4n) is 2.96. The molecule has 2 unspecified atom stereocenters. The molecule has 4 nitrogen and oxygen atoms in total. The Morgan fingerprint density at radius 3 is 3.14 bits per heavy atom. The number of hydrogen-bond donors (Lipinski definition) is 1. The first-order chi connectivity index (χ1) is 10.3. The number of aromatic nitrogens is 1. The van der Waals surface area contributed by atoms with Crippen LogP contribution in [0.2, 0.25) is 0 Å². The van der Waals surface area contributed by atoms with E-state index in [1.807, 2.05) is 6.20 Å². The van der Waals surface area contributed by atoms with Crippen LogP contribution in [0.4, 0.5) is 0 Å². The van der Waals surface area contributed by atoms with E-state index < -0.39 is 0 Å². The summed E-state index contributed by atoms with van der Waals surface area (Å²) in [6, 6.07) is 2.41. The monoisotopic (exact) mass is 292 g/mol. The normalized spacial score (nSPS) is 19.6. The topological polar surface area (TPSA) is 43.4 Å². The van der Waals surface area contributed by atoms with Crippen molar-refractivity contribution in [2.24, 2.45) is 0 Å². The lowest BCUT2D eigenvalue weighted by Crippen LogP contribution is -2.23. The summed E-state index contributed by atoms with van der Waals surface area (Å²) in [6.45, 7) is 4.16. The molecule has 4 heteroatoms. The predicted molar refractivity (Wildman–Crippen MR) is 84.6 cm³/mol. The van der Waals surface area contributed by atoms with Crippen LogP contribution in [-0.4, -0.2) is 31.3 Å². The molecule has 2 heterocycles. The second-order valence-electron chi connectivity index (χ2n) is 5.69. The Balaban J connectivity index is 1.92. The SMILES string of the molecule is CCCNC(CCCC1CCCO1)c1ccncc1OC. The van der Waals surface area contributed by atoms with Crippen molar-refractivity contribution in [2.75, 3.05) is 20.3 Å². The maximum absolute atomic E-state index is 5.71. The molecule has 2 rings (SSSR count). The highest BCUT2D eigenvalue weighted by Crippen LogP contribution is 2.28. The summed E-state index contributed by atoms with van der Waals surface area (Å²) >= 11 is 0. The zero-order chi connectivity index (χ0) is 14.9. The number of pyridine rings is 1. The van der Waals surface area contributed by atoms with E-state index in [0.29, 0.717) is 12.1 Å². The number of hydrogen-bond acceptors (Lipinski definition) is 4. The molecule has 0 aliphatic carbocycles. The van der Waals surface area contributed by atoms with Crippen LogP contribution >= 0.6 is 0 Å². The van der Waals surface area contributed by atoms with Crippen LogP contribution in [0.15, 0.2) is 18.5 Å². The Kier molecular flexibility index (Phi) is 6.96. The van der Waals surface area contributed by atoms with Crippen LogP contribution in [0.1, 0.15) is 57.1 Å². The van der Waals surface area contributed by atoms with E-state index in [1.165, 1.54) is 24.8 Å². The lowest BCUT2D eigenvalue weighted by atomic mass is 9.99. The molecule has 1 saturated heterocycles. The molecule has 0 aromatic carbocycles. The van der Waals surface area contributed by atoms with Gasteiger partial charge in [0.2, 0.25) is 0 Å². The molecule has 0 spiro atoms. The fraction of sp³-hybridized carbons (Fsp3) is 0.706. The third kappa shape index (κ3) is 4.97. The van der Waals surface area contributed by atoms with Gasteiger partial charge in [0, 0.05) is 24.4 Å². The Labute approximate surface area is 128 Å². The molecule has 0 bridgehead atoms. The quantitative estimate of drug-likeness (QED) is 0.756. The molecule has 0 amide bonds. The highest BCUT2D eigenvalue weighted by Gasteiger charge is 2.18. The van der Waals surface area contributed by atoms with Crippen molar-refractivity contribution in [1.29, 1.82) is 0 Å². The third-order valence-electron chi connectivity index (χ3n) is 4.10. The zero-order valence-electron chi connectivity index (χ0n) is 13.3. The van der Waals surface area contributed by atoms with Gasteiger partial charge in [-0.25, -0.2) is 0 Å². The molecule has 1 aromatic heterocycles. The summed E-state index contributed by atoms with van der Waals surface area (Å²) in [5.74, 6) is 0.878. The largest absolute Gasteiger partial charge is 0.495 e. The minimum atomic E-state index is 0.337. The Bertz CT molecular complexity index is 406. The first-order valence-electron chi connectivity index (χ1n) is 8.18. The molecular formula is C17H28N2O2. The summed E-state index contributed by atoms with van der Waals surface area (Å²) in [4.78, 5) is 4.15. The van der Waals surface area contributed by atoms with E-state index in [2.05, 4.69) is 23.3 Å². The average molecular weight is 292 g/mol. The summed E-state index contributed by atoms with van der Waals surface area (Å²) < 4.78 is 11.2. The van der Waals surface area contributed by atoms with Gasteiger partial charge in [0.25, 0.3) is 0 Å². The van der Waals surface area contributed by atoms with Crippen LogP contribution in [-0.2, 0) is 4.74 Å². The molecule has 0 radical (unpaired) electrons. The van der Waals surface area contributed by atoms with Crippen LogP contribution in [0.25, 0.3) is 0 Å². The van der Waals surface area contributed by atoms with Gasteiger partial charge in [-0.15, -0.1) is 0 Å². The first kappa shape index (κ1) is 16.2. The summed E-state index contributed by atoms with van der Waals surface area (Å²) in [5.41, 5.74) is 1.22. The molecule has 0 saturated carbocycles. The van der Waals surface area contributed by atoms with E-state index in [-0.39, 0.29) is 0 Å². The summed E-state index contributed by atoms with van der Waals surface area (Å²) in [7, 11) is 1.71. The number of methoxy groups -OCH3 is 1. The molecule has 1 fully saturated rings. The number of nitrogens with zero attached hydrogens (tertiary/aromatic N) is 1. The molecule has 1 N–H and O–H groups in total. The van der Waals surface area contributed by atoms with Crippen molar-refractivity contribution in [3.8, 4) is 5.75 Å². The minimum absolute atomic E-state index is 0.337. The van der Waals surface area contributed by atoms with Crippen LogP contribution in [0.3, 0.4) is 0 Å². The van der Waals surface area contributed by atoms with Gasteiger partial charge in [-0.05, 0) is 51.1 Å². The maximum atomic E-state index is 5.71. The Morgan fingerprint density at radius 1 is 1.52 bits per heavy atom. The molecular weight excluding hydrogens is 264 g/mol. The number of rotatable bonds is 9. The molecule has 21 heavy (non-hydrogen) atoms. The molecule has 118 valence electrons. The van der Waals surface area contributed by atoms with E-state index in [4.69, 9.17) is 9.47 Å². The van der Waals surface area contributed by atoms with Gasteiger partial charge in [-0.3, -0.25) is 4.98 Å². The van der Waals surface area contributed by atoms with Gasteiger partial charge in [0.1, 0.15) is 5.75 Å². The second-order valence-corrected chi connectivity index (χ2v) is 5.69. The lowest BCUT2D eigenvalue weighted by Gasteiger charge is -2.21. The smallest absolute Gasteiger partial charge is 0.141 e.